The van der Waals surface area contributed by atoms with Gasteiger partial charge in [0.25, 0.3) is 0 Å². The van der Waals surface area contributed by atoms with Crippen molar-refractivity contribution in [3.8, 4) is 0 Å². The highest BCUT2D eigenvalue weighted by atomic mass is 127. The van der Waals surface area contributed by atoms with Crippen LogP contribution in [0.25, 0.3) is 5.65 Å². The van der Waals surface area contributed by atoms with E-state index in [0.717, 1.165) is 43.5 Å². The highest BCUT2D eigenvalue weighted by molar-refractivity contribution is 14.0. The molecule has 1 aliphatic heterocycles. The molecule has 1 N–H and O–H groups in total. The summed E-state index contributed by atoms with van der Waals surface area (Å²) in [4.78, 5) is 14.1. The Labute approximate surface area is 173 Å². The highest BCUT2D eigenvalue weighted by Crippen LogP contribution is 2.16. The molecule has 1 saturated heterocycles. The largest absolute Gasteiger partial charge is 0.351 e. The van der Waals surface area contributed by atoms with Gasteiger partial charge in [-0.15, -0.1) is 24.0 Å². The number of likely N-dealkylation sites (N-methyl/N-ethyl adjacent to an activating group) is 1. The first-order chi connectivity index (χ1) is 12.2. The summed E-state index contributed by atoms with van der Waals surface area (Å²) >= 11 is 0. The number of likely N-dealkylation sites (tertiary alicyclic amines) is 1. The van der Waals surface area contributed by atoms with Crippen molar-refractivity contribution in [2.24, 2.45) is 4.99 Å². The fourth-order valence-corrected chi connectivity index (χ4v) is 3.76. The lowest BCUT2D eigenvalue weighted by Gasteiger charge is -2.27. The third kappa shape index (κ3) is 4.49. The predicted molar refractivity (Wildman–Crippen MR) is 118 cm³/mol. The molecule has 0 amide bonds. The van der Waals surface area contributed by atoms with E-state index in [1.807, 2.05) is 19.2 Å². The molecule has 0 aromatic carbocycles. The summed E-state index contributed by atoms with van der Waals surface area (Å²) in [7, 11) is 1.86. The normalized spacial score (nSPS) is 17.8. The van der Waals surface area contributed by atoms with E-state index in [-0.39, 0.29) is 24.0 Å². The third-order valence-corrected chi connectivity index (χ3v) is 5.18. The van der Waals surface area contributed by atoms with Crippen LogP contribution in [0, 0.1) is 6.92 Å². The smallest absolute Gasteiger partial charge is 0.194 e. The maximum absolute atomic E-state index is 4.69. The lowest BCUT2D eigenvalue weighted by atomic mass is 10.2. The van der Waals surface area contributed by atoms with E-state index in [1.54, 1.807) is 0 Å². The lowest BCUT2D eigenvalue weighted by molar-refractivity contribution is 0.223. The summed E-state index contributed by atoms with van der Waals surface area (Å²) in [6, 6.07) is 6.82. The number of guanidine groups is 1. The van der Waals surface area contributed by atoms with E-state index < -0.39 is 0 Å². The number of halogens is 1. The molecule has 1 atom stereocenters. The minimum absolute atomic E-state index is 0. The molecule has 1 aliphatic rings. The first-order valence-electron chi connectivity index (χ1n) is 9.29. The lowest BCUT2D eigenvalue weighted by Crippen LogP contribution is -2.43. The quantitative estimate of drug-likeness (QED) is 0.415. The zero-order valence-corrected chi connectivity index (χ0v) is 18.6. The standard InChI is InChI=1S/C19H30N6.HI/c1-5-23(6-2)17-10-11-24(14-17)19(20-4)21-12-16-13-25-15(3)8-7-9-18(25)22-16;/h7-9,13,17H,5-6,10-12,14H2,1-4H3,(H,20,21);1H. The first-order valence-corrected chi connectivity index (χ1v) is 9.29. The molecule has 1 fully saturated rings. The Morgan fingerprint density at radius 2 is 2.12 bits per heavy atom. The number of rotatable bonds is 5. The van der Waals surface area contributed by atoms with Gasteiger partial charge in [0.15, 0.2) is 5.96 Å². The second kappa shape index (κ2) is 9.55. The Kier molecular flexibility index (Phi) is 7.69. The Balaban J connectivity index is 0.00000243. The summed E-state index contributed by atoms with van der Waals surface area (Å²) in [6.07, 6.45) is 3.31. The molecular formula is C19H31IN6. The molecule has 0 spiro atoms. The molecule has 26 heavy (non-hydrogen) atoms. The van der Waals surface area contributed by atoms with Crippen molar-refractivity contribution >= 4 is 35.6 Å². The number of fused-ring (bicyclic) bond motifs is 1. The molecule has 1 unspecified atom stereocenters. The summed E-state index contributed by atoms with van der Waals surface area (Å²) in [5, 5.41) is 3.49. The van der Waals surface area contributed by atoms with Crippen molar-refractivity contribution in [3.63, 3.8) is 0 Å². The number of aromatic nitrogens is 2. The average Bonchev–Trinajstić information content (AvgIpc) is 3.25. The number of imidazole rings is 1. The number of aryl methyl sites for hydroxylation is 1. The summed E-state index contributed by atoms with van der Waals surface area (Å²) in [6.45, 7) is 11.6. The first kappa shape index (κ1) is 21.0. The van der Waals surface area contributed by atoms with E-state index in [0.29, 0.717) is 12.6 Å². The van der Waals surface area contributed by atoms with Crippen molar-refractivity contribution in [2.45, 2.75) is 39.8 Å². The average molecular weight is 470 g/mol. The Hall–Kier alpha value is -1.35. The van der Waals surface area contributed by atoms with E-state index in [2.05, 4.69) is 57.5 Å². The molecule has 0 radical (unpaired) electrons. The van der Waals surface area contributed by atoms with Crippen molar-refractivity contribution in [1.82, 2.24) is 24.5 Å². The third-order valence-electron chi connectivity index (χ3n) is 5.18. The van der Waals surface area contributed by atoms with E-state index in [1.165, 1.54) is 12.1 Å². The number of aliphatic imine (C=N–C) groups is 1. The molecule has 144 valence electrons. The zero-order chi connectivity index (χ0) is 17.8. The molecule has 2 aromatic rings. The van der Waals surface area contributed by atoms with Crippen molar-refractivity contribution in [2.75, 3.05) is 33.2 Å². The van der Waals surface area contributed by atoms with Crippen LogP contribution in [-0.2, 0) is 6.54 Å². The molecule has 0 bridgehead atoms. The van der Waals surface area contributed by atoms with Crippen LogP contribution in [0.3, 0.4) is 0 Å². The van der Waals surface area contributed by atoms with E-state index in [9.17, 15) is 0 Å². The zero-order valence-electron chi connectivity index (χ0n) is 16.3. The van der Waals surface area contributed by atoms with Crippen LogP contribution in [0.5, 0.6) is 0 Å². The van der Waals surface area contributed by atoms with Gasteiger partial charge in [-0.2, -0.15) is 0 Å². The van der Waals surface area contributed by atoms with Gasteiger partial charge in [-0.1, -0.05) is 19.9 Å². The second-order valence-corrected chi connectivity index (χ2v) is 6.64. The molecule has 7 heteroatoms. The van der Waals surface area contributed by atoms with Gasteiger partial charge in [0, 0.05) is 38.1 Å². The molecule has 2 aromatic heterocycles. The molecule has 3 rings (SSSR count). The van der Waals surface area contributed by atoms with Gasteiger partial charge in [-0.3, -0.25) is 9.89 Å². The van der Waals surface area contributed by atoms with Gasteiger partial charge in [0.05, 0.1) is 12.2 Å². The van der Waals surface area contributed by atoms with Gasteiger partial charge in [-0.05, 0) is 38.6 Å². The van der Waals surface area contributed by atoms with Crippen molar-refractivity contribution in [3.05, 3.63) is 35.8 Å². The van der Waals surface area contributed by atoms with E-state index in [4.69, 9.17) is 4.98 Å². The topological polar surface area (TPSA) is 48.2 Å². The fourth-order valence-electron chi connectivity index (χ4n) is 3.76. The summed E-state index contributed by atoms with van der Waals surface area (Å²) in [5.41, 5.74) is 3.23. The maximum Gasteiger partial charge on any atom is 0.194 e. The molecule has 6 nitrogen and oxygen atoms in total. The number of hydrogen-bond donors (Lipinski definition) is 1. The minimum Gasteiger partial charge on any atom is -0.351 e. The number of nitrogens with zero attached hydrogens (tertiary/aromatic N) is 5. The number of hydrogen-bond acceptors (Lipinski definition) is 3. The molecular weight excluding hydrogens is 439 g/mol. The maximum atomic E-state index is 4.69. The molecule has 0 saturated carbocycles. The minimum atomic E-state index is 0. The van der Waals surface area contributed by atoms with E-state index >= 15 is 0 Å². The number of pyridine rings is 1. The van der Waals surface area contributed by atoms with Gasteiger partial charge in [-0.25, -0.2) is 4.98 Å². The van der Waals surface area contributed by atoms with Crippen molar-refractivity contribution in [1.29, 1.82) is 0 Å². The Morgan fingerprint density at radius 1 is 1.35 bits per heavy atom. The second-order valence-electron chi connectivity index (χ2n) is 6.64. The van der Waals surface area contributed by atoms with Crippen molar-refractivity contribution < 1.29 is 0 Å². The highest BCUT2D eigenvalue weighted by Gasteiger charge is 2.27. The Bertz CT molecular complexity index is 737. The number of nitrogens with one attached hydrogen (secondary N) is 1. The fraction of sp³-hybridized carbons (Fsp3) is 0.579. The van der Waals surface area contributed by atoms with Crippen LogP contribution in [0.4, 0.5) is 0 Å². The van der Waals surface area contributed by atoms with Crippen LogP contribution < -0.4 is 5.32 Å². The van der Waals surface area contributed by atoms with Gasteiger partial charge < -0.3 is 14.6 Å². The van der Waals surface area contributed by atoms with Crippen LogP contribution >= 0.6 is 24.0 Å². The predicted octanol–water partition coefficient (Wildman–Crippen LogP) is 2.75. The van der Waals surface area contributed by atoms with Gasteiger partial charge in [0.2, 0.25) is 0 Å². The van der Waals surface area contributed by atoms with Crippen LogP contribution in [0.1, 0.15) is 31.7 Å². The van der Waals surface area contributed by atoms with Gasteiger partial charge >= 0.3 is 0 Å². The Morgan fingerprint density at radius 3 is 2.77 bits per heavy atom. The monoisotopic (exact) mass is 470 g/mol. The molecule has 0 aliphatic carbocycles. The van der Waals surface area contributed by atoms with Crippen LogP contribution in [0.15, 0.2) is 29.4 Å². The SMILES string of the molecule is CCN(CC)C1CCN(C(=NC)NCc2cn3c(C)cccc3n2)C1.I. The van der Waals surface area contributed by atoms with Crippen LogP contribution in [0.2, 0.25) is 0 Å². The van der Waals surface area contributed by atoms with Gasteiger partial charge in [0.1, 0.15) is 5.65 Å². The summed E-state index contributed by atoms with van der Waals surface area (Å²) < 4.78 is 2.13. The summed E-state index contributed by atoms with van der Waals surface area (Å²) in [5.74, 6) is 0.975. The molecule has 3 heterocycles. The van der Waals surface area contributed by atoms with Crippen LogP contribution in [-0.4, -0.2) is 64.4 Å².